The van der Waals surface area contributed by atoms with E-state index in [0.717, 1.165) is 0 Å². The zero-order valence-electron chi connectivity index (χ0n) is 11.8. The number of rotatable bonds is 7. The molecule has 7 heteroatoms. The van der Waals surface area contributed by atoms with Crippen LogP contribution >= 0.6 is 0 Å². The Balaban J connectivity index is 4.33. The summed E-state index contributed by atoms with van der Waals surface area (Å²) in [5.74, 6) is -1.27. The summed E-state index contributed by atoms with van der Waals surface area (Å²) >= 11 is 0. The number of carbonyl (C=O) groups is 3. The maximum absolute atomic E-state index is 11.7. The topological polar surface area (TPSA) is 108 Å². The number of hydrogen-bond acceptors (Lipinski definition) is 3. The van der Waals surface area contributed by atoms with Crippen molar-refractivity contribution in [2.45, 2.75) is 46.2 Å². The number of nitrogens with one attached hydrogen (secondary N) is 3. The molecule has 0 aliphatic heterocycles. The smallest absolute Gasteiger partial charge is 0.315 e. The van der Waals surface area contributed by atoms with E-state index in [4.69, 9.17) is 5.11 Å². The van der Waals surface area contributed by atoms with Crippen LogP contribution in [0, 0.1) is 5.92 Å². The Bertz CT molecular complexity index is 331. The first-order chi connectivity index (χ1) is 8.77. The third kappa shape index (κ3) is 7.28. The van der Waals surface area contributed by atoms with Gasteiger partial charge in [0.25, 0.3) is 0 Å². The van der Waals surface area contributed by atoms with Gasteiger partial charge < -0.3 is 21.1 Å². The number of hydrogen-bond donors (Lipinski definition) is 4. The van der Waals surface area contributed by atoms with Gasteiger partial charge in [0.05, 0.1) is 6.42 Å². The lowest BCUT2D eigenvalue weighted by Gasteiger charge is -2.22. The standard InChI is InChI=1S/C12H23N3O4/c1-5-13-11(18)8(4)14-12(19)15-9(7(2)3)6-10(16)17/h7-9H,5-6H2,1-4H3,(H,13,18)(H,16,17)(H2,14,15,19). The lowest BCUT2D eigenvalue weighted by atomic mass is 10.0. The van der Waals surface area contributed by atoms with Crippen molar-refractivity contribution in [3.63, 3.8) is 0 Å². The maximum atomic E-state index is 11.7. The minimum atomic E-state index is -0.976. The van der Waals surface area contributed by atoms with Crippen molar-refractivity contribution in [1.82, 2.24) is 16.0 Å². The fourth-order valence-corrected chi connectivity index (χ4v) is 1.44. The zero-order valence-corrected chi connectivity index (χ0v) is 11.8. The lowest BCUT2D eigenvalue weighted by Crippen LogP contribution is -2.52. The molecule has 7 nitrogen and oxygen atoms in total. The molecule has 0 saturated heterocycles. The van der Waals surface area contributed by atoms with Crippen molar-refractivity contribution in [3.05, 3.63) is 0 Å². The molecule has 0 rings (SSSR count). The largest absolute Gasteiger partial charge is 0.481 e. The van der Waals surface area contributed by atoms with E-state index in [1.807, 2.05) is 13.8 Å². The van der Waals surface area contributed by atoms with Gasteiger partial charge in [-0.2, -0.15) is 0 Å². The van der Waals surface area contributed by atoms with Crippen molar-refractivity contribution in [2.24, 2.45) is 5.92 Å². The summed E-state index contributed by atoms with van der Waals surface area (Å²) < 4.78 is 0. The summed E-state index contributed by atoms with van der Waals surface area (Å²) in [5, 5.41) is 16.4. The third-order valence-electron chi connectivity index (χ3n) is 2.61. The Morgan fingerprint density at radius 3 is 2.11 bits per heavy atom. The van der Waals surface area contributed by atoms with Crippen molar-refractivity contribution in [3.8, 4) is 0 Å². The van der Waals surface area contributed by atoms with Crippen LogP contribution in [0.2, 0.25) is 0 Å². The first kappa shape index (κ1) is 17.2. The Morgan fingerprint density at radius 2 is 1.68 bits per heavy atom. The van der Waals surface area contributed by atoms with Crippen molar-refractivity contribution >= 4 is 17.9 Å². The molecule has 0 fully saturated rings. The Morgan fingerprint density at radius 1 is 1.11 bits per heavy atom. The molecule has 0 saturated carbocycles. The second-order valence-corrected chi connectivity index (χ2v) is 4.68. The second-order valence-electron chi connectivity index (χ2n) is 4.68. The van der Waals surface area contributed by atoms with Crippen LogP contribution in [0.15, 0.2) is 0 Å². The van der Waals surface area contributed by atoms with Gasteiger partial charge in [-0.05, 0) is 19.8 Å². The number of carboxylic acid groups (broad SMARTS) is 1. The molecule has 2 unspecified atom stereocenters. The monoisotopic (exact) mass is 273 g/mol. The van der Waals surface area contributed by atoms with Gasteiger partial charge in [0.15, 0.2) is 0 Å². The Labute approximate surface area is 113 Å². The fraction of sp³-hybridized carbons (Fsp3) is 0.750. The van der Waals surface area contributed by atoms with Crippen LogP contribution in [0.1, 0.15) is 34.1 Å². The number of carbonyl (C=O) groups excluding carboxylic acids is 2. The van der Waals surface area contributed by atoms with Crippen molar-refractivity contribution in [1.29, 1.82) is 0 Å². The fourth-order valence-electron chi connectivity index (χ4n) is 1.44. The van der Waals surface area contributed by atoms with Crippen LogP contribution in [0.3, 0.4) is 0 Å². The molecule has 0 aromatic carbocycles. The van der Waals surface area contributed by atoms with E-state index in [0.29, 0.717) is 6.54 Å². The van der Waals surface area contributed by atoms with Gasteiger partial charge in [-0.15, -0.1) is 0 Å². The average Bonchev–Trinajstić information content (AvgIpc) is 2.27. The van der Waals surface area contributed by atoms with E-state index in [1.165, 1.54) is 0 Å². The van der Waals surface area contributed by atoms with E-state index >= 15 is 0 Å². The van der Waals surface area contributed by atoms with Gasteiger partial charge in [-0.25, -0.2) is 4.79 Å². The third-order valence-corrected chi connectivity index (χ3v) is 2.61. The molecular weight excluding hydrogens is 250 g/mol. The minimum Gasteiger partial charge on any atom is -0.481 e. The Hall–Kier alpha value is -1.79. The van der Waals surface area contributed by atoms with E-state index in [2.05, 4.69) is 16.0 Å². The van der Waals surface area contributed by atoms with Crippen LogP contribution < -0.4 is 16.0 Å². The molecule has 2 atom stereocenters. The van der Waals surface area contributed by atoms with Crippen molar-refractivity contribution in [2.75, 3.05) is 6.54 Å². The number of carboxylic acids is 1. The predicted molar refractivity (Wildman–Crippen MR) is 70.7 cm³/mol. The molecule has 0 aliphatic rings. The summed E-state index contributed by atoms with van der Waals surface area (Å²) in [6, 6.07) is -1.68. The maximum Gasteiger partial charge on any atom is 0.315 e. The number of amides is 3. The highest BCUT2D eigenvalue weighted by Crippen LogP contribution is 2.05. The minimum absolute atomic E-state index is 0.0124. The molecule has 4 N–H and O–H groups in total. The van der Waals surface area contributed by atoms with Gasteiger partial charge in [0.2, 0.25) is 5.91 Å². The number of urea groups is 1. The Kier molecular flexibility index (Phi) is 7.55. The SMILES string of the molecule is CCNC(=O)C(C)NC(=O)NC(CC(=O)O)C(C)C. The summed E-state index contributed by atoms with van der Waals surface area (Å²) in [4.78, 5) is 33.8. The van der Waals surface area contributed by atoms with Crippen molar-refractivity contribution < 1.29 is 19.5 Å². The zero-order chi connectivity index (χ0) is 15.0. The molecule has 0 aromatic rings. The van der Waals surface area contributed by atoms with Crippen LogP contribution in [-0.4, -0.2) is 41.6 Å². The first-order valence-electron chi connectivity index (χ1n) is 6.34. The van der Waals surface area contributed by atoms with Gasteiger partial charge in [0.1, 0.15) is 6.04 Å². The van der Waals surface area contributed by atoms with Gasteiger partial charge in [-0.1, -0.05) is 13.8 Å². The molecule has 0 spiro atoms. The molecule has 0 aliphatic carbocycles. The number of aliphatic carboxylic acids is 1. The highest BCUT2D eigenvalue weighted by molar-refractivity contribution is 5.86. The van der Waals surface area contributed by atoms with Gasteiger partial charge in [0, 0.05) is 12.6 Å². The predicted octanol–water partition coefficient (Wildman–Crippen LogP) is 0.310. The van der Waals surface area contributed by atoms with Crippen LogP contribution in [0.25, 0.3) is 0 Å². The second kappa shape index (κ2) is 8.34. The van der Waals surface area contributed by atoms with Crippen LogP contribution in [0.5, 0.6) is 0 Å². The molecule has 19 heavy (non-hydrogen) atoms. The van der Waals surface area contributed by atoms with Gasteiger partial charge >= 0.3 is 12.0 Å². The van der Waals surface area contributed by atoms with Crippen LogP contribution in [0.4, 0.5) is 4.79 Å². The van der Waals surface area contributed by atoms with Crippen LogP contribution in [-0.2, 0) is 9.59 Å². The first-order valence-corrected chi connectivity index (χ1v) is 6.34. The molecule has 0 heterocycles. The van der Waals surface area contributed by atoms with E-state index in [1.54, 1.807) is 13.8 Å². The lowest BCUT2D eigenvalue weighted by molar-refractivity contribution is -0.137. The quantitative estimate of drug-likeness (QED) is 0.535. The molecule has 0 aromatic heterocycles. The molecular formula is C12H23N3O4. The van der Waals surface area contributed by atoms with E-state index < -0.39 is 24.1 Å². The molecule has 0 radical (unpaired) electrons. The molecule has 3 amide bonds. The summed E-state index contributed by atoms with van der Waals surface area (Å²) in [5.41, 5.74) is 0. The normalized spacial score (nSPS) is 13.5. The average molecular weight is 273 g/mol. The van der Waals surface area contributed by atoms with E-state index in [9.17, 15) is 14.4 Å². The summed E-state index contributed by atoms with van der Waals surface area (Å²) in [6.07, 6.45) is -0.152. The molecule has 0 bridgehead atoms. The summed E-state index contributed by atoms with van der Waals surface area (Å²) in [7, 11) is 0. The highest BCUT2D eigenvalue weighted by atomic mass is 16.4. The molecule has 110 valence electrons. The van der Waals surface area contributed by atoms with Gasteiger partial charge in [-0.3, -0.25) is 9.59 Å². The summed E-state index contributed by atoms with van der Waals surface area (Å²) in [6.45, 7) is 7.47. The number of likely N-dealkylation sites (N-methyl/N-ethyl adjacent to an activating group) is 1. The van der Waals surface area contributed by atoms with E-state index in [-0.39, 0.29) is 18.2 Å². The highest BCUT2D eigenvalue weighted by Gasteiger charge is 2.21.